The molecule has 0 aromatic carbocycles. The number of nitrogens with zero attached hydrogens (tertiary/aromatic N) is 3. The average Bonchev–Trinajstić information content (AvgIpc) is 2.86. The molecular weight excluding hydrogens is 501 g/mol. The van der Waals surface area contributed by atoms with Crippen LogP contribution in [0.25, 0.3) is 0 Å². The number of phosphoric acid groups is 2. The number of hydrogen-bond acceptors (Lipinski definition) is 11. The van der Waals surface area contributed by atoms with E-state index in [0.29, 0.717) is 0 Å². The standard InChI is InChI=1S/C9H15N3O11P2.C5H14NO.Na.H/c10-5-1-2-12(9(15)11-5)8-7(14)6(13)4(22-8)3-21-25(19,20)23-24(16,17)18;1-6(2,3)4-5-7;;/h1-2,4,6-8,13-14H,3H2,(H,19,20)(H2,10,11,15)(H2,16,17,18);7H,4-5H2,1-3H3;;/q;+1;;/t4-,6-,7-,8-;;;/m1.../s1. The molecule has 1 fully saturated rings. The second-order valence-corrected chi connectivity index (χ2v) is 10.5. The minimum absolute atomic E-state index is 0. The van der Waals surface area contributed by atoms with E-state index in [9.17, 15) is 24.1 Å². The second kappa shape index (κ2) is 13.2. The molecule has 1 aliphatic rings. The Balaban J connectivity index is 0.00000111. The van der Waals surface area contributed by atoms with Gasteiger partial charge in [0.2, 0.25) is 0 Å². The Morgan fingerprint density at radius 3 is 2.21 bits per heavy atom. The number of quaternary nitrogens is 1. The third kappa shape index (κ3) is 11.8. The van der Waals surface area contributed by atoms with Crippen LogP contribution >= 0.6 is 15.6 Å². The molecule has 19 heteroatoms. The summed E-state index contributed by atoms with van der Waals surface area (Å²) in [6, 6.07) is 1.24. The number of aliphatic hydroxyl groups excluding tert-OH is 3. The summed E-state index contributed by atoms with van der Waals surface area (Å²) in [4.78, 5) is 41.3. The molecule has 1 unspecified atom stereocenters. The molecule has 1 saturated heterocycles. The van der Waals surface area contributed by atoms with Gasteiger partial charge in [-0.1, -0.05) is 0 Å². The number of nitrogens with two attached hydrogens (primary N) is 1. The van der Waals surface area contributed by atoms with E-state index in [-0.39, 0.29) is 42.0 Å². The Kier molecular flexibility index (Phi) is 13.1. The SMILES string of the molecule is C[N+](C)(C)CCO.Nc1ccn([C@@H]2O[C@H](COP(=O)(O)OP(=O)(O)O)[C@@H](O)[C@H]2O)c(=O)n1.[NaH]. The summed E-state index contributed by atoms with van der Waals surface area (Å²) < 4.78 is 36.7. The monoisotopic (exact) mass is 531 g/mol. The molecule has 188 valence electrons. The number of ether oxygens (including phenoxy) is 1. The van der Waals surface area contributed by atoms with Gasteiger partial charge in [-0.15, -0.1) is 0 Å². The van der Waals surface area contributed by atoms with Crippen LogP contribution in [0.1, 0.15) is 6.23 Å². The van der Waals surface area contributed by atoms with E-state index in [1.807, 2.05) is 0 Å². The summed E-state index contributed by atoms with van der Waals surface area (Å²) in [5.41, 5.74) is 4.45. The molecule has 1 aromatic heterocycles. The molecule has 0 spiro atoms. The molecule has 0 bridgehead atoms. The van der Waals surface area contributed by atoms with Crippen LogP contribution in [0.15, 0.2) is 17.1 Å². The first-order chi connectivity index (χ1) is 14.5. The van der Waals surface area contributed by atoms with E-state index in [4.69, 9.17) is 30.3 Å². The first kappa shape index (κ1) is 32.7. The van der Waals surface area contributed by atoms with Crippen molar-refractivity contribution in [3.63, 3.8) is 0 Å². The van der Waals surface area contributed by atoms with Crippen molar-refractivity contribution in [1.82, 2.24) is 9.55 Å². The zero-order chi connectivity index (χ0) is 24.9. The molecule has 5 atom stereocenters. The summed E-state index contributed by atoms with van der Waals surface area (Å²) in [6.07, 6.45) is -4.93. The zero-order valence-electron chi connectivity index (χ0n) is 17.5. The summed E-state index contributed by atoms with van der Waals surface area (Å²) in [5.74, 6) is -0.0787. The number of phosphoric ester groups is 1. The number of rotatable bonds is 8. The fourth-order valence-corrected chi connectivity index (χ4v) is 3.94. The zero-order valence-corrected chi connectivity index (χ0v) is 19.3. The maximum atomic E-state index is 11.7. The van der Waals surface area contributed by atoms with E-state index in [2.05, 4.69) is 35.0 Å². The van der Waals surface area contributed by atoms with Gasteiger partial charge in [0.15, 0.2) is 6.23 Å². The van der Waals surface area contributed by atoms with E-state index in [0.717, 1.165) is 21.8 Å². The average molecular weight is 531 g/mol. The number of aromatic nitrogens is 2. The van der Waals surface area contributed by atoms with Gasteiger partial charge in [0.25, 0.3) is 0 Å². The fourth-order valence-electron chi connectivity index (χ4n) is 2.34. The molecule has 2 rings (SSSR count). The van der Waals surface area contributed by atoms with Gasteiger partial charge in [-0.05, 0) is 6.07 Å². The van der Waals surface area contributed by atoms with Crippen molar-refractivity contribution in [1.29, 1.82) is 0 Å². The Labute approximate surface area is 211 Å². The van der Waals surface area contributed by atoms with Crippen LogP contribution < -0.4 is 11.4 Å². The number of aliphatic hydroxyl groups is 3. The van der Waals surface area contributed by atoms with Crippen molar-refractivity contribution in [2.24, 2.45) is 0 Å². The number of anilines is 1. The molecule has 16 nitrogen and oxygen atoms in total. The van der Waals surface area contributed by atoms with Gasteiger partial charge in [-0.3, -0.25) is 9.09 Å². The van der Waals surface area contributed by atoms with Crippen molar-refractivity contribution in [3.05, 3.63) is 22.7 Å². The molecule has 0 amide bonds. The molecule has 33 heavy (non-hydrogen) atoms. The van der Waals surface area contributed by atoms with Gasteiger partial charge in [-0.2, -0.15) is 9.29 Å². The molecular formula is C14H30N4NaO12P2+. The number of likely N-dealkylation sites (N-methyl/N-ethyl adjacent to an activating group) is 1. The van der Waals surface area contributed by atoms with Crippen LogP contribution in [0.3, 0.4) is 0 Å². The van der Waals surface area contributed by atoms with Gasteiger partial charge in [0, 0.05) is 6.20 Å². The third-order valence-corrected chi connectivity index (χ3v) is 6.00. The molecule has 0 saturated carbocycles. The van der Waals surface area contributed by atoms with Crippen molar-refractivity contribution < 1.29 is 57.2 Å². The van der Waals surface area contributed by atoms with E-state index in [1.165, 1.54) is 6.07 Å². The summed E-state index contributed by atoms with van der Waals surface area (Å²) in [5, 5.41) is 28.2. The summed E-state index contributed by atoms with van der Waals surface area (Å²) in [6.45, 7) is 0.239. The van der Waals surface area contributed by atoms with Crippen LogP contribution in [0.4, 0.5) is 5.82 Å². The summed E-state index contributed by atoms with van der Waals surface area (Å²) in [7, 11) is -4.30. The Hall–Kier alpha value is -0.260. The van der Waals surface area contributed by atoms with Crippen molar-refractivity contribution in [3.8, 4) is 0 Å². The molecule has 0 aliphatic carbocycles. The first-order valence-electron chi connectivity index (χ1n) is 8.97. The fraction of sp³-hybridized carbons (Fsp3) is 0.714. The third-order valence-electron chi connectivity index (χ3n) is 3.85. The van der Waals surface area contributed by atoms with Crippen LogP contribution in [-0.2, 0) is 22.7 Å². The Bertz CT molecular complexity index is 907. The van der Waals surface area contributed by atoms with Gasteiger partial charge >= 0.3 is 50.9 Å². The Morgan fingerprint density at radius 2 is 1.79 bits per heavy atom. The van der Waals surface area contributed by atoms with Crippen molar-refractivity contribution in [2.45, 2.75) is 24.5 Å². The molecule has 1 aromatic rings. The van der Waals surface area contributed by atoms with E-state index >= 15 is 0 Å². The van der Waals surface area contributed by atoms with E-state index < -0.39 is 52.5 Å². The number of nitrogen functional groups attached to an aromatic ring is 1. The van der Waals surface area contributed by atoms with Crippen LogP contribution in [0.5, 0.6) is 0 Å². The van der Waals surface area contributed by atoms with Crippen molar-refractivity contribution in [2.75, 3.05) is 46.6 Å². The van der Waals surface area contributed by atoms with Crippen LogP contribution in [0, 0.1) is 0 Å². The molecule has 1 aliphatic heterocycles. The predicted molar refractivity (Wildman–Crippen MR) is 115 cm³/mol. The van der Waals surface area contributed by atoms with Gasteiger partial charge in [0.1, 0.15) is 30.7 Å². The Morgan fingerprint density at radius 1 is 1.21 bits per heavy atom. The predicted octanol–water partition coefficient (Wildman–Crippen LogP) is -3.29. The van der Waals surface area contributed by atoms with Crippen LogP contribution in [0.2, 0.25) is 0 Å². The first-order valence-corrected chi connectivity index (χ1v) is 12.0. The van der Waals surface area contributed by atoms with Gasteiger partial charge in [-0.25, -0.2) is 13.9 Å². The molecule has 0 radical (unpaired) electrons. The molecule has 2 heterocycles. The molecule has 8 N–H and O–H groups in total. The summed E-state index contributed by atoms with van der Waals surface area (Å²) >= 11 is 0. The number of hydrogen-bond donors (Lipinski definition) is 7. The normalized spacial score (nSPS) is 24.9. The van der Waals surface area contributed by atoms with Crippen molar-refractivity contribution >= 4 is 51.0 Å². The topological polar surface area (TPSA) is 244 Å². The van der Waals surface area contributed by atoms with E-state index in [1.54, 1.807) is 0 Å². The van der Waals surface area contributed by atoms with Gasteiger partial charge in [0.05, 0.1) is 34.4 Å². The quantitative estimate of drug-likeness (QED) is 0.0988. The van der Waals surface area contributed by atoms with Crippen LogP contribution in [-0.4, -0.2) is 133 Å². The minimum atomic E-state index is -5.30. The van der Waals surface area contributed by atoms with Gasteiger partial charge < -0.3 is 45.0 Å². The second-order valence-electron chi connectivity index (χ2n) is 7.66. The maximum absolute atomic E-state index is 11.7.